The number of hydrogen-bond acceptors (Lipinski definition) is 0. The molecule has 0 unspecified atom stereocenters. The molecule has 0 heterocycles. The van der Waals surface area contributed by atoms with Crippen molar-refractivity contribution in [3.63, 3.8) is 0 Å². The summed E-state index contributed by atoms with van der Waals surface area (Å²) >= 11 is 0. The van der Waals surface area contributed by atoms with Crippen LogP contribution >= 0.6 is 0 Å². The summed E-state index contributed by atoms with van der Waals surface area (Å²) in [6.07, 6.45) is 13.6. The highest BCUT2D eigenvalue weighted by atomic mass is 13.8. The van der Waals surface area contributed by atoms with Crippen LogP contribution in [-0.2, 0) is 0 Å². The van der Waals surface area contributed by atoms with Crippen molar-refractivity contribution in [2.75, 3.05) is 0 Å². The Labute approximate surface area is 69.7 Å². The SMILES string of the molecule is C#CC#CCC=CCCCC. The van der Waals surface area contributed by atoms with E-state index in [1.807, 2.05) is 0 Å². The van der Waals surface area contributed by atoms with Crippen molar-refractivity contribution in [3.05, 3.63) is 12.2 Å². The summed E-state index contributed by atoms with van der Waals surface area (Å²) in [5.41, 5.74) is 0. The zero-order valence-corrected chi connectivity index (χ0v) is 7.06. The van der Waals surface area contributed by atoms with Gasteiger partial charge in [0.25, 0.3) is 0 Å². The molecule has 0 saturated carbocycles. The van der Waals surface area contributed by atoms with Crippen molar-refractivity contribution in [2.45, 2.75) is 32.6 Å². The quantitative estimate of drug-likeness (QED) is 0.325. The van der Waals surface area contributed by atoms with Gasteiger partial charge in [0.2, 0.25) is 0 Å². The Bertz CT molecular complexity index is 192. The Hall–Kier alpha value is -1.14. The van der Waals surface area contributed by atoms with E-state index in [0.29, 0.717) is 0 Å². The van der Waals surface area contributed by atoms with Crippen molar-refractivity contribution in [2.24, 2.45) is 0 Å². The van der Waals surface area contributed by atoms with Gasteiger partial charge in [-0.25, -0.2) is 0 Å². The van der Waals surface area contributed by atoms with Gasteiger partial charge >= 0.3 is 0 Å². The van der Waals surface area contributed by atoms with Crippen LogP contribution in [0.3, 0.4) is 0 Å². The van der Waals surface area contributed by atoms with E-state index in [1.165, 1.54) is 12.8 Å². The Morgan fingerprint density at radius 3 is 2.82 bits per heavy atom. The molecule has 0 amide bonds. The summed E-state index contributed by atoms with van der Waals surface area (Å²) in [5.74, 6) is 7.68. The van der Waals surface area contributed by atoms with E-state index in [-0.39, 0.29) is 0 Å². The molecular weight excluding hydrogens is 132 g/mol. The summed E-state index contributed by atoms with van der Waals surface area (Å²) in [5, 5.41) is 0. The third-order valence-corrected chi connectivity index (χ3v) is 1.27. The Balaban J connectivity index is 3.24. The third-order valence-electron chi connectivity index (χ3n) is 1.27. The van der Waals surface area contributed by atoms with Crippen molar-refractivity contribution in [3.8, 4) is 24.2 Å². The van der Waals surface area contributed by atoms with Gasteiger partial charge in [0.15, 0.2) is 0 Å². The number of hydrogen-bond donors (Lipinski definition) is 0. The molecule has 0 N–H and O–H groups in total. The van der Waals surface area contributed by atoms with Gasteiger partial charge in [-0.05, 0) is 18.3 Å². The van der Waals surface area contributed by atoms with Gasteiger partial charge in [-0.1, -0.05) is 37.8 Å². The monoisotopic (exact) mass is 146 g/mol. The fourth-order valence-corrected chi connectivity index (χ4v) is 0.684. The first-order valence-electron chi connectivity index (χ1n) is 4.00. The summed E-state index contributed by atoms with van der Waals surface area (Å²) in [7, 11) is 0. The zero-order chi connectivity index (χ0) is 8.36. The van der Waals surface area contributed by atoms with Crippen molar-refractivity contribution < 1.29 is 0 Å². The summed E-state index contributed by atoms with van der Waals surface area (Å²) in [6, 6.07) is 0. The fourth-order valence-electron chi connectivity index (χ4n) is 0.684. The highest BCUT2D eigenvalue weighted by molar-refractivity contribution is 5.22. The Kier molecular flexibility index (Phi) is 7.94. The second-order valence-electron chi connectivity index (χ2n) is 2.26. The topological polar surface area (TPSA) is 0 Å². The summed E-state index contributed by atoms with van der Waals surface area (Å²) < 4.78 is 0. The lowest BCUT2D eigenvalue weighted by atomic mass is 10.2. The average Bonchev–Trinajstić information content (AvgIpc) is 2.03. The molecule has 0 nitrogen and oxygen atoms in total. The highest BCUT2D eigenvalue weighted by Gasteiger charge is 1.75. The first kappa shape index (κ1) is 9.86. The minimum atomic E-state index is 0.786. The minimum Gasteiger partial charge on any atom is -0.106 e. The molecule has 0 aromatic carbocycles. The van der Waals surface area contributed by atoms with Gasteiger partial charge < -0.3 is 0 Å². The van der Waals surface area contributed by atoms with Gasteiger partial charge in [0, 0.05) is 6.42 Å². The van der Waals surface area contributed by atoms with Crippen LogP contribution < -0.4 is 0 Å². The lowest BCUT2D eigenvalue weighted by Crippen LogP contribution is -1.66. The van der Waals surface area contributed by atoms with E-state index < -0.39 is 0 Å². The van der Waals surface area contributed by atoms with Crippen molar-refractivity contribution >= 4 is 0 Å². The van der Waals surface area contributed by atoms with Crippen LogP contribution in [0.4, 0.5) is 0 Å². The standard InChI is InChI=1S/C11H14/c1-3-5-7-9-11-10-8-6-4-2/h1,10-11H,4,6,8-9H2,2H3. The van der Waals surface area contributed by atoms with Crippen LogP contribution in [0.25, 0.3) is 0 Å². The average molecular weight is 146 g/mol. The first-order valence-corrected chi connectivity index (χ1v) is 4.00. The fraction of sp³-hybridized carbons (Fsp3) is 0.455. The van der Waals surface area contributed by atoms with Crippen LogP contribution in [0.1, 0.15) is 32.6 Å². The predicted octanol–water partition coefficient (Wildman–Crippen LogP) is 2.76. The molecule has 0 aliphatic carbocycles. The molecule has 0 fully saturated rings. The van der Waals surface area contributed by atoms with Crippen LogP contribution in [-0.4, -0.2) is 0 Å². The molecular formula is C11H14. The minimum absolute atomic E-state index is 0.786. The maximum absolute atomic E-state index is 4.94. The second-order valence-corrected chi connectivity index (χ2v) is 2.26. The molecule has 0 aromatic rings. The largest absolute Gasteiger partial charge is 0.106 e. The Morgan fingerprint density at radius 2 is 2.18 bits per heavy atom. The number of unbranched alkanes of at least 4 members (excludes halogenated alkanes) is 2. The lowest BCUT2D eigenvalue weighted by molar-refractivity contribution is 0.813. The van der Waals surface area contributed by atoms with Gasteiger partial charge in [-0.3, -0.25) is 0 Å². The lowest BCUT2D eigenvalue weighted by Gasteiger charge is -1.85. The summed E-state index contributed by atoms with van der Waals surface area (Å²) in [6.45, 7) is 2.19. The predicted molar refractivity (Wildman–Crippen MR) is 49.9 cm³/mol. The van der Waals surface area contributed by atoms with E-state index in [4.69, 9.17) is 6.42 Å². The van der Waals surface area contributed by atoms with Crippen LogP contribution in [0.2, 0.25) is 0 Å². The first-order chi connectivity index (χ1) is 5.41. The molecule has 0 rings (SSSR count). The molecule has 58 valence electrons. The summed E-state index contributed by atoms with van der Waals surface area (Å²) in [4.78, 5) is 0. The smallest absolute Gasteiger partial charge is 0.0279 e. The van der Waals surface area contributed by atoms with Crippen molar-refractivity contribution in [1.82, 2.24) is 0 Å². The second kappa shape index (κ2) is 8.86. The van der Waals surface area contributed by atoms with Crippen LogP contribution in [0.5, 0.6) is 0 Å². The zero-order valence-electron chi connectivity index (χ0n) is 7.06. The molecule has 0 bridgehead atoms. The van der Waals surface area contributed by atoms with Gasteiger partial charge in [0.05, 0.1) is 0 Å². The molecule has 11 heavy (non-hydrogen) atoms. The molecule has 0 aromatic heterocycles. The van der Waals surface area contributed by atoms with E-state index in [1.54, 1.807) is 0 Å². The molecule has 0 atom stereocenters. The van der Waals surface area contributed by atoms with Crippen LogP contribution in [0.15, 0.2) is 12.2 Å². The molecule has 0 aliphatic rings. The molecule has 0 heteroatoms. The van der Waals surface area contributed by atoms with E-state index in [2.05, 4.69) is 36.8 Å². The van der Waals surface area contributed by atoms with E-state index >= 15 is 0 Å². The van der Waals surface area contributed by atoms with E-state index in [9.17, 15) is 0 Å². The van der Waals surface area contributed by atoms with Crippen LogP contribution in [0, 0.1) is 24.2 Å². The van der Waals surface area contributed by atoms with Crippen molar-refractivity contribution in [1.29, 1.82) is 0 Å². The molecule has 0 aliphatic heterocycles. The molecule has 0 radical (unpaired) electrons. The normalized spacial score (nSPS) is 8.73. The highest BCUT2D eigenvalue weighted by Crippen LogP contribution is 1.95. The third kappa shape index (κ3) is 8.86. The van der Waals surface area contributed by atoms with Gasteiger partial charge in [0.1, 0.15) is 0 Å². The van der Waals surface area contributed by atoms with E-state index in [0.717, 1.165) is 12.8 Å². The van der Waals surface area contributed by atoms with Gasteiger partial charge in [-0.2, -0.15) is 0 Å². The maximum Gasteiger partial charge on any atom is 0.0279 e. The number of allylic oxidation sites excluding steroid dienone is 2. The van der Waals surface area contributed by atoms with Gasteiger partial charge in [-0.15, -0.1) is 6.42 Å². The molecule has 0 spiro atoms. The Morgan fingerprint density at radius 1 is 1.36 bits per heavy atom. The number of rotatable bonds is 4. The number of terminal acetylenes is 1. The molecule has 0 saturated heterocycles. The maximum atomic E-state index is 4.94.